The molecule has 1 aromatic rings. The van der Waals surface area contributed by atoms with Gasteiger partial charge in [-0.05, 0) is 0 Å². The molecule has 3 nitrogen and oxygen atoms in total. The summed E-state index contributed by atoms with van der Waals surface area (Å²) in [5, 5.41) is 6.28. The number of nitrogens with zero attached hydrogens (tertiary/aromatic N) is 2. The molecule has 1 aromatic heterocycles. The lowest BCUT2D eigenvalue weighted by Gasteiger charge is -1.80. The summed E-state index contributed by atoms with van der Waals surface area (Å²) in [6.07, 6.45) is 3.30. The van der Waals surface area contributed by atoms with Gasteiger partial charge < -0.3 is 4.84 Å². The van der Waals surface area contributed by atoms with Crippen molar-refractivity contribution in [3.63, 3.8) is 0 Å². The van der Waals surface area contributed by atoms with E-state index in [-0.39, 0.29) is 0 Å². The quantitative estimate of drug-likeness (QED) is 0.458. The van der Waals surface area contributed by atoms with Gasteiger partial charge in [0.25, 0.3) is 0 Å². The lowest BCUT2D eigenvalue weighted by molar-refractivity contribution is 0.215. The first kappa shape index (κ1) is 6.22. The zero-order valence-electron chi connectivity index (χ0n) is 4.94. The maximum absolute atomic E-state index is 4.45. The Labute approximate surface area is 57.0 Å². The number of hydrogen-bond acceptors (Lipinski definition) is 4. The smallest absolute Gasteiger partial charge is 0.137 e. The first-order valence-corrected chi connectivity index (χ1v) is 3.27. The lowest BCUT2D eigenvalue weighted by Crippen LogP contribution is -1.76. The van der Waals surface area contributed by atoms with E-state index in [1.54, 1.807) is 12.4 Å². The molecule has 0 amide bonds. The molecule has 0 saturated carbocycles. The van der Waals surface area contributed by atoms with Gasteiger partial charge in [0.2, 0.25) is 0 Å². The van der Waals surface area contributed by atoms with Crippen LogP contribution in [-0.4, -0.2) is 18.3 Å². The molecule has 4 heteroatoms. The fourth-order valence-corrected chi connectivity index (χ4v) is 0.883. The summed E-state index contributed by atoms with van der Waals surface area (Å²) in [5.74, 6) is 0. The molecule has 0 aliphatic heterocycles. The molecule has 0 aliphatic rings. The van der Waals surface area contributed by atoms with Gasteiger partial charge >= 0.3 is 0 Å². The van der Waals surface area contributed by atoms with Gasteiger partial charge in [-0.3, -0.25) is 0 Å². The van der Waals surface area contributed by atoms with E-state index in [2.05, 4.69) is 15.0 Å². The molecule has 0 N–H and O–H groups in total. The van der Waals surface area contributed by atoms with E-state index in [4.69, 9.17) is 0 Å². The van der Waals surface area contributed by atoms with Crippen LogP contribution in [0.25, 0.3) is 0 Å². The largest absolute Gasteiger partial charge is 0.399 e. The molecule has 0 fully saturated rings. The Morgan fingerprint density at radius 3 is 3.33 bits per heavy atom. The Morgan fingerprint density at radius 2 is 2.78 bits per heavy atom. The van der Waals surface area contributed by atoms with Crippen molar-refractivity contribution in [2.24, 2.45) is 5.16 Å². The van der Waals surface area contributed by atoms with Crippen LogP contribution in [0.3, 0.4) is 0 Å². The highest BCUT2D eigenvalue weighted by atomic mass is 32.1. The van der Waals surface area contributed by atoms with Gasteiger partial charge in [0.05, 0.1) is 0 Å². The minimum Gasteiger partial charge on any atom is -0.399 e. The number of aromatic nitrogens is 1. The molecule has 1 heterocycles. The molecule has 0 saturated heterocycles. The molecule has 0 unspecified atom stereocenters. The van der Waals surface area contributed by atoms with Crippen LogP contribution in [0.1, 0.15) is 5.01 Å². The topological polar surface area (TPSA) is 34.5 Å². The highest BCUT2D eigenvalue weighted by molar-refractivity contribution is 7.11. The summed E-state index contributed by atoms with van der Waals surface area (Å²) in [4.78, 5) is 8.39. The van der Waals surface area contributed by atoms with E-state index in [1.807, 2.05) is 5.38 Å². The van der Waals surface area contributed by atoms with Crippen molar-refractivity contribution < 1.29 is 4.84 Å². The Kier molecular flexibility index (Phi) is 2.21. The fourth-order valence-electron chi connectivity index (χ4n) is 0.396. The molecule has 48 valence electrons. The second-order valence-electron chi connectivity index (χ2n) is 1.29. The summed E-state index contributed by atoms with van der Waals surface area (Å²) in [6, 6.07) is 0. The maximum atomic E-state index is 4.45. The molecule has 0 atom stereocenters. The average molecular weight is 142 g/mol. The van der Waals surface area contributed by atoms with Gasteiger partial charge in [0.1, 0.15) is 18.3 Å². The third-order valence-electron chi connectivity index (χ3n) is 0.720. The zero-order chi connectivity index (χ0) is 6.53. The monoisotopic (exact) mass is 142 g/mol. The Morgan fingerprint density at radius 1 is 1.89 bits per heavy atom. The second kappa shape index (κ2) is 3.19. The highest BCUT2D eigenvalue weighted by Gasteiger charge is 1.85. The van der Waals surface area contributed by atoms with Crippen LogP contribution in [0, 0.1) is 0 Å². The number of hydrogen-bond donors (Lipinski definition) is 0. The number of oxime groups is 1. The molecular weight excluding hydrogens is 136 g/mol. The molecule has 0 spiro atoms. The zero-order valence-corrected chi connectivity index (χ0v) is 5.76. The third-order valence-corrected chi connectivity index (χ3v) is 1.43. The summed E-state index contributed by atoms with van der Waals surface area (Å²) in [7, 11) is 1.50. The number of rotatable bonds is 2. The minimum absolute atomic E-state index is 0.858. The maximum Gasteiger partial charge on any atom is 0.137 e. The van der Waals surface area contributed by atoms with E-state index < -0.39 is 0 Å². The van der Waals surface area contributed by atoms with Crippen LogP contribution in [0.15, 0.2) is 16.7 Å². The van der Waals surface area contributed by atoms with Crippen molar-refractivity contribution in [2.45, 2.75) is 0 Å². The lowest BCUT2D eigenvalue weighted by atomic mass is 10.8. The Hall–Kier alpha value is -0.900. The first-order valence-electron chi connectivity index (χ1n) is 2.39. The van der Waals surface area contributed by atoms with Gasteiger partial charge in [-0.2, -0.15) is 0 Å². The molecule has 0 radical (unpaired) electrons. The molecule has 0 aliphatic carbocycles. The minimum atomic E-state index is 0.858. The fraction of sp³-hybridized carbons (Fsp3) is 0.200. The standard InChI is InChI=1S/C5H6N2OS/c1-8-7-4-5-6-2-3-9-5/h2-4H,1H3/b7-4+. The van der Waals surface area contributed by atoms with Crippen molar-refractivity contribution >= 4 is 17.6 Å². The average Bonchev–Trinajstić information content (AvgIpc) is 2.34. The van der Waals surface area contributed by atoms with Gasteiger partial charge in [-0.15, -0.1) is 11.3 Å². The van der Waals surface area contributed by atoms with Crippen molar-refractivity contribution in [1.29, 1.82) is 0 Å². The van der Waals surface area contributed by atoms with E-state index in [9.17, 15) is 0 Å². The summed E-state index contributed by atoms with van der Waals surface area (Å²) in [6.45, 7) is 0. The van der Waals surface area contributed by atoms with Crippen LogP contribution in [-0.2, 0) is 4.84 Å². The SMILES string of the molecule is CO/N=C/c1nccs1. The molecule has 1 rings (SSSR count). The van der Waals surface area contributed by atoms with E-state index in [1.165, 1.54) is 18.4 Å². The predicted molar refractivity (Wildman–Crippen MR) is 36.7 cm³/mol. The normalized spacial score (nSPS) is 10.3. The van der Waals surface area contributed by atoms with Gasteiger partial charge in [0.15, 0.2) is 0 Å². The predicted octanol–water partition coefficient (Wildman–Crippen LogP) is 1.12. The molecular formula is C5H6N2OS. The van der Waals surface area contributed by atoms with Gasteiger partial charge in [-0.25, -0.2) is 4.98 Å². The van der Waals surface area contributed by atoms with Crippen molar-refractivity contribution in [3.8, 4) is 0 Å². The highest BCUT2D eigenvalue weighted by Crippen LogP contribution is 1.98. The summed E-state index contributed by atoms with van der Waals surface area (Å²) in [5.41, 5.74) is 0. The molecule has 0 bridgehead atoms. The van der Waals surface area contributed by atoms with Crippen molar-refractivity contribution in [1.82, 2.24) is 4.98 Å². The molecule has 9 heavy (non-hydrogen) atoms. The summed E-state index contributed by atoms with van der Waals surface area (Å²) >= 11 is 1.52. The van der Waals surface area contributed by atoms with Crippen LogP contribution < -0.4 is 0 Å². The molecule has 0 aromatic carbocycles. The van der Waals surface area contributed by atoms with Crippen LogP contribution in [0.5, 0.6) is 0 Å². The summed E-state index contributed by atoms with van der Waals surface area (Å²) < 4.78 is 0. The van der Waals surface area contributed by atoms with E-state index in [0.29, 0.717) is 0 Å². The van der Waals surface area contributed by atoms with Gasteiger partial charge in [0, 0.05) is 11.6 Å². The second-order valence-corrected chi connectivity index (χ2v) is 2.21. The number of thiazole rings is 1. The Bertz CT molecular complexity index is 183. The van der Waals surface area contributed by atoms with Crippen LogP contribution in [0.2, 0.25) is 0 Å². The van der Waals surface area contributed by atoms with E-state index in [0.717, 1.165) is 5.01 Å². The van der Waals surface area contributed by atoms with Crippen LogP contribution in [0.4, 0.5) is 0 Å². The van der Waals surface area contributed by atoms with Crippen molar-refractivity contribution in [2.75, 3.05) is 7.11 Å². The van der Waals surface area contributed by atoms with Gasteiger partial charge in [-0.1, -0.05) is 5.16 Å². The third kappa shape index (κ3) is 1.81. The Balaban J connectivity index is 2.57. The first-order chi connectivity index (χ1) is 4.43. The van der Waals surface area contributed by atoms with E-state index >= 15 is 0 Å². The van der Waals surface area contributed by atoms with Crippen LogP contribution >= 0.6 is 11.3 Å². The van der Waals surface area contributed by atoms with Crippen molar-refractivity contribution in [3.05, 3.63) is 16.6 Å².